The zero-order valence-corrected chi connectivity index (χ0v) is 12.0. The Morgan fingerprint density at radius 3 is 2.60 bits per heavy atom. The van der Waals surface area contributed by atoms with E-state index < -0.39 is 5.60 Å². The molecule has 0 aliphatic carbocycles. The van der Waals surface area contributed by atoms with Crippen molar-refractivity contribution in [2.24, 2.45) is 0 Å². The largest absolute Gasteiger partial charge is 0.397 e. The van der Waals surface area contributed by atoms with Gasteiger partial charge in [-0.05, 0) is 19.9 Å². The normalized spacial score (nSPS) is 17.0. The van der Waals surface area contributed by atoms with Gasteiger partial charge in [0.15, 0.2) is 0 Å². The minimum absolute atomic E-state index is 0.506. The molecule has 1 aromatic heterocycles. The van der Waals surface area contributed by atoms with Gasteiger partial charge in [0.25, 0.3) is 0 Å². The minimum atomic E-state index is -0.681. The van der Waals surface area contributed by atoms with E-state index in [2.05, 4.69) is 20.9 Å². The fourth-order valence-corrected chi connectivity index (χ4v) is 2.47. The molecule has 2 heterocycles. The van der Waals surface area contributed by atoms with Gasteiger partial charge in [0.2, 0.25) is 0 Å². The number of pyridine rings is 1. The molecule has 2 rings (SSSR count). The van der Waals surface area contributed by atoms with E-state index in [1.54, 1.807) is 12.3 Å². The molecule has 1 aliphatic rings. The molecule has 1 aliphatic heterocycles. The summed E-state index contributed by atoms with van der Waals surface area (Å²) in [5, 5.41) is 19.0. The lowest BCUT2D eigenvalue weighted by molar-refractivity contribution is 0.0344. The van der Waals surface area contributed by atoms with Crippen molar-refractivity contribution in [3.05, 3.63) is 17.8 Å². The zero-order valence-electron chi connectivity index (χ0n) is 12.0. The molecule has 0 saturated carbocycles. The first kappa shape index (κ1) is 14.6. The maximum atomic E-state index is 9.84. The number of hydrogen-bond donors (Lipinski definition) is 2. The van der Waals surface area contributed by atoms with Crippen LogP contribution in [0.5, 0.6) is 0 Å². The van der Waals surface area contributed by atoms with Crippen molar-refractivity contribution in [3.8, 4) is 6.07 Å². The molecule has 0 amide bonds. The molecule has 1 fully saturated rings. The number of hydrogen-bond acceptors (Lipinski definition) is 6. The van der Waals surface area contributed by atoms with Gasteiger partial charge in [0, 0.05) is 32.7 Å². The highest BCUT2D eigenvalue weighted by atomic mass is 16.3. The summed E-state index contributed by atoms with van der Waals surface area (Å²) >= 11 is 0. The Hall–Kier alpha value is -1.84. The second kappa shape index (κ2) is 5.65. The van der Waals surface area contributed by atoms with Crippen molar-refractivity contribution in [1.29, 1.82) is 5.26 Å². The van der Waals surface area contributed by atoms with Gasteiger partial charge in [-0.3, -0.25) is 4.90 Å². The molecule has 20 heavy (non-hydrogen) atoms. The van der Waals surface area contributed by atoms with E-state index in [1.807, 2.05) is 13.8 Å². The number of nitrogens with two attached hydrogens (primary N) is 1. The molecule has 0 atom stereocenters. The fraction of sp³-hybridized carbons (Fsp3) is 0.571. The summed E-state index contributed by atoms with van der Waals surface area (Å²) in [6, 6.07) is 3.80. The topological polar surface area (TPSA) is 89.4 Å². The number of anilines is 2. The minimum Gasteiger partial charge on any atom is -0.397 e. The number of nitrogens with zero attached hydrogens (tertiary/aromatic N) is 4. The summed E-state index contributed by atoms with van der Waals surface area (Å²) in [6.07, 6.45) is 1.58. The summed E-state index contributed by atoms with van der Waals surface area (Å²) in [4.78, 5) is 8.60. The van der Waals surface area contributed by atoms with Gasteiger partial charge in [-0.25, -0.2) is 4.98 Å². The van der Waals surface area contributed by atoms with Crippen LogP contribution in [-0.4, -0.2) is 53.3 Å². The number of aromatic nitrogens is 1. The predicted molar refractivity (Wildman–Crippen MR) is 78.3 cm³/mol. The molecular formula is C14H21N5O. The molecule has 6 nitrogen and oxygen atoms in total. The van der Waals surface area contributed by atoms with Crippen LogP contribution in [0.25, 0.3) is 0 Å². The standard InChI is InChI=1S/C14H21N5O/c1-14(2,20)10-18-3-5-19(6-4-18)13-11(8-15)7-12(16)9-17-13/h7,9,20H,3-6,10,16H2,1-2H3. The maximum absolute atomic E-state index is 9.84. The van der Waals surface area contributed by atoms with E-state index in [9.17, 15) is 5.11 Å². The van der Waals surface area contributed by atoms with E-state index in [0.717, 1.165) is 26.2 Å². The Kier molecular flexibility index (Phi) is 4.12. The number of rotatable bonds is 3. The number of nitrogen functional groups attached to an aromatic ring is 1. The van der Waals surface area contributed by atoms with Crippen molar-refractivity contribution in [2.45, 2.75) is 19.4 Å². The van der Waals surface area contributed by atoms with Gasteiger partial charge < -0.3 is 15.7 Å². The molecule has 0 unspecified atom stereocenters. The lowest BCUT2D eigenvalue weighted by atomic mass is 10.1. The highest BCUT2D eigenvalue weighted by molar-refractivity contribution is 5.59. The van der Waals surface area contributed by atoms with E-state index in [1.165, 1.54) is 0 Å². The Morgan fingerprint density at radius 2 is 2.05 bits per heavy atom. The Labute approximate surface area is 119 Å². The number of β-amino-alcohol motifs (C(OH)–C–C–N with tert-alkyl or cyclic N) is 1. The van der Waals surface area contributed by atoms with Gasteiger partial charge in [-0.2, -0.15) is 5.26 Å². The zero-order chi connectivity index (χ0) is 14.8. The second-order valence-corrected chi connectivity index (χ2v) is 5.83. The third-order valence-corrected chi connectivity index (χ3v) is 3.29. The molecule has 6 heteroatoms. The number of piperazine rings is 1. The van der Waals surface area contributed by atoms with Crippen LogP contribution in [-0.2, 0) is 0 Å². The quantitative estimate of drug-likeness (QED) is 0.831. The monoisotopic (exact) mass is 275 g/mol. The van der Waals surface area contributed by atoms with Crippen LogP contribution < -0.4 is 10.6 Å². The van der Waals surface area contributed by atoms with Crippen LogP contribution in [0.15, 0.2) is 12.3 Å². The van der Waals surface area contributed by atoms with E-state index in [0.29, 0.717) is 23.6 Å². The van der Waals surface area contributed by atoms with E-state index in [4.69, 9.17) is 11.0 Å². The summed E-state index contributed by atoms with van der Waals surface area (Å²) in [6.45, 7) is 7.57. The first-order chi connectivity index (χ1) is 9.39. The van der Waals surface area contributed by atoms with Gasteiger partial charge in [-0.1, -0.05) is 0 Å². The molecular weight excluding hydrogens is 254 g/mol. The van der Waals surface area contributed by atoms with Gasteiger partial charge >= 0.3 is 0 Å². The molecule has 1 saturated heterocycles. The smallest absolute Gasteiger partial charge is 0.146 e. The molecule has 1 aromatic rings. The van der Waals surface area contributed by atoms with Crippen LogP contribution >= 0.6 is 0 Å². The summed E-state index contributed by atoms with van der Waals surface area (Å²) in [7, 11) is 0. The highest BCUT2D eigenvalue weighted by Gasteiger charge is 2.24. The Bertz CT molecular complexity index is 509. The average Bonchev–Trinajstić information content (AvgIpc) is 2.38. The van der Waals surface area contributed by atoms with Crippen molar-refractivity contribution in [1.82, 2.24) is 9.88 Å². The molecule has 108 valence electrons. The van der Waals surface area contributed by atoms with Crippen molar-refractivity contribution in [3.63, 3.8) is 0 Å². The third kappa shape index (κ3) is 3.59. The predicted octanol–water partition coefficient (Wildman–Crippen LogP) is 0.428. The van der Waals surface area contributed by atoms with Crippen LogP contribution in [0.1, 0.15) is 19.4 Å². The van der Waals surface area contributed by atoms with Crippen LogP contribution in [0.3, 0.4) is 0 Å². The molecule has 0 radical (unpaired) electrons. The number of nitriles is 1. The van der Waals surface area contributed by atoms with Gasteiger partial charge in [-0.15, -0.1) is 0 Å². The summed E-state index contributed by atoms with van der Waals surface area (Å²) < 4.78 is 0. The average molecular weight is 275 g/mol. The van der Waals surface area contributed by atoms with Crippen molar-refractivity contribution >= 4 is 11.5 Å². The maximum Gasteiger partial charge on any atom is 0.146 e. The summed E-state index contributed by atoms with van der Waals surface area (Å²) in [5.74, 6) is 0.699. The molecule has 0 aromatic carbocycles. The van der Waals surface area contributed by atoms with Gasteiger partial charge in [0.1, 0.15) is 11.9 Å². The SMILES string of the molecule is CC(C)(O)CN1CCN(c2ncc(N)cc2C#N)CC1. The Balaban J connectivity index is 2.03. The summed E-state index contributed by atoms with van der Waals surface area (Å²) in [5.41, 5.74) is 6.00. The highest BCUT2D eigenvalue weighted by Crippen LogP contribution is 2.21. The van der Waals surface area contributed by atoms with E-state index >= 15 is 0 Å². The lowest BCUT2D eigenvalue weighted by Crippen LogP contribution is -2.50. The molecule has 0 spiro atoms. The van der Waals surface area contributed by atoms with Crippen LogP contribution in [0, 0.1) is 11.3 Å². The van der Waals surface area contributed by atoms with Crippen LogP contribution in [0.2, 0.25) is 0 Å². The molecule has 3 N–H and O–H groups in total. The third-order valence-electron chi connectivity index (χ3n) is 3.29. The first-order valence-corrected chi connectivity index (χ1v) is 6.74. The van der Waals surface area contributed by atoms with E-state index in [-0.39, 0.29) is 0 Å². The second-order valence-electron chi connectivity index (χ2n) is 5.83. The van der Waals surface area contributed by atoms with Crippen LogP contribution in [0.4, 0.5) is 11.5 Å². The lowest BCUT2D eigenvalue weighted by Gasteiger charge is -2.38. The first-order valence-electron chi connectivity index (χ1n) is 6.74. The van der Waals surface area contributed by atoms with Gasteiger partial charge in [0.05, 0.1) is 23.0 Å². The molecule has 0 bridgehead atoms. The fourth-order valence-electron chi connectivity index (χ4n) is 2.47. The Morgan fingerprint density at radius 1 is 1.40 bits per heavy atom. The van der Waals surface area contributed by atoms with Crippen molar-refractivity contribution in [2.75, 3.05) is 43.4 Å². The van der Waals surface area contributed by atoms with Crippen molar-refractivity contribution < 1.29 is 5.11 Å². The number of aliphatic hydroxyl groups is 1.